The predicted octanol–water partition coefficient (Wildman–Crippen LogP) is 4.24. The second-order valence-electron chi connectivity index (χ2n) is 7.81. The lowest BCUT2D eigenvalue weighted by Gasteiger charge is -2.33. The average molecular weight is 488 g/mol. The molecule has 0 saturated carbocycles. The number of rotatable bonds is 4. The highest BCUT2D eigenvalue weighted by Crippen LogP contribution is 2.20. The van der Waals surface area contributed by atoms with Crippen LogP contribution < -0.4 is 11.1 Å². The zero-order chi connectivity index (χ0) is 19.2. The van der Waals surface area contributed by atoms with Gasteiger partial charge in [-0.3, -0.25) is 4.99 Å². The number of nitrogens with two attached hydrogens (primary N) is 1. The van der Waals surface area contributed by atoms with Crippen LogP contribution in [0.1, 0.15) is 46.1 Å². The number of benzene rings is 1. The Morgan fingerprint density at radius 3 is 2.37 bits per heavy atom. The van der Waals surface area contributed by atoms with Crippen LogP contribution in [-0.2, 0) is 11.2 Å². The van der Waals surface area contributed by atoms with Gasteiger partial charge in [0.2, 0.25) is 0 Å². The van der Waals surface area contributed by atoms with E-state index in [2.05, 4.69) is 29.4 Å². The van der Waals surface area contributed by atoms with E-state index in [0.717, 1.165) is 24.9 Å². The topological polar surface area (TPSA) is 80.0 Å². The fourth-order valence-electron chi connectivity index (χ4n) is 2.86. The zero-order valence-electron chi connectivity index (χ0n) is 16.8. The fraction of sp³-hybridized carbons (Fsp3) is 0.600. The summed E-state index contributed by atoms with van der Waals surface area (Å²) in [4.78, 5) is 18.3. The van der Waals surface area contributed by atoms with Gasteiger partial charge in [0.15, 0.2) is 5.96 Å². The van der Waals surface area contributed by atoms with Crippen molar-refractivity contribution in [3.05, 3.63) is 29.8 Å². The van der Waals surface area contributed by atoms with E-state index in [4.69, 9.17) is 10.5 Å². The third-order valence-corrected chi connectivity index (χ3v) is 4.42. The number of hydrogen-bond donors (Lipinski definition) is 2. The number of hydrogen-bond acceptors (Lipinski definition) is 3. The van der Waals surface area contributed by atoms with Crippen LogP contribution in [0, 0.1) is 5.92 Å². The minimum atomic E-state index is -0.451. The number of aliphatic imine (C=N–C) groups is 1. The average Bonchev–Trinajstić information content (AvgIpc) is 2.59. The van der Waals surface area contributed by atoms with Crippen LogP contribution in [0.4, 0.5) is 10.5 Å². The first-order chi connectivity index (χ1) is 12.3. The molecule has 0 aromatic heterocycles. The van der Waals surface area contributed by atoms with E-state index in [1.807, 2.05) is 32.9 Å². The lowest BCUT2D eigenvalue weighted by atomic mass is 9.97. The van der Waals surface area contributed by atoms with Crippen molar-refractivity contribution in [1.29, 1.82) is 0 Å². The molecule has 2 rings (SSSR count). The molecule has 1 aliphatic heterocycles. The maximum Gasteiger partial charge on any atom is 0.410 e. The van der Waals surface area contributed by atoms with Gasteiger partial charge < -0.3 is 20.7 Å². The summed E-state index contributed by atoms with van der Waals surface area (Å²) in [6.45, 7) is 9.88. The van der Waals surface area contributed by atoms with Crippen molar-refractivity contribution < 1.29 is 9.53 Å². The predicted molar refractivity (Wildman–Crippen MR) is 122 cm³/mol. The minimum absolute atomic E-state index is 0. The maximum absolute atomic E-state index is 12.1. The van der Waals surface area contributed by atoms with Gasteiger partial charge >= 0.3 is 6.09 Å². The monoisotopic (exact) mass is 488 g/mol. The summed E-state index contributed by atoms with van der Waals surface area (Å²) in [5.41, 5.74) is 7.78. The first-order valence-electron chi connectivity index (χ1n) is 9.40. The number of nitrogens with one attached hydrogen (secondary N) is 1. The van der Waals surface area contributed by atoms with Crippen molar-refractivity contribution in [2.24, 2.45) is 16.6 Å². The van der Waals surface area contributed by atoms with Crippen molar-refractivity contribution in [2.45, 2.75) is 52.6 Å². The van der Waals surface area contributed by atoms with Crippen molar-refractivity contribution >= 4 is 41.7 Å². The van der Waals surface area contributed by atoms with Gasteiger partial charge in [0.25, 0.3) is 0 Å². The van der Waals surface area contributed by atoms with Crippen LogP contribution in [0.3, 0.4) is 0 Å². The van der Waals surface area contributed by atoms with E-state index in [1.165, 1.54) is 5.56 Å². The molecule has 0 radical (unpaired) electrons. The minimum Gasteiger partial charge on any atom is -0.444 e. The Kier molecular flexibility index (Phi) is 9.35. The van der Waals surface area contributed by atoms with Crippen molar-refractivity contribution in [3.63, 3.8) is 0 Å². The summed E-state index contributed by atoms with van der Waals surface area (Å²) in [6, 6.07) is 8.20. The number of piperidine rings is 1. The van der Waals surface area contributed by atoms with Crippen molar-refractivity contribution in [3.8, 4) is 0 Å². The first kappa shape index (κ1) is 23.5. The molecule has 27 heavy (non-hydrogen) atoms. The van der Waals surface area contributed by atoms with Gasteiger partial charge in [0.05, 0.1) is 0 Å². The van der Waals surface area contributed by atoms with E-state index in [9.17, 15) is 4.79 Å². The number of ether oxygens (including phenoxy) is 1. The number of nitrogens with zero attached hydrogens (tertiary/aromatic N) is 2. The Morgan fingerprint density at radius 1 is 1.26 bits per heavy atom. The summed E-state index contributed by atoms with van der Waals surface area (Å²) in [6.07, 6.45) is 2.63. The largest absolute Gasteiger partial charge is 0.444 e. The Balaban J connectivity index is 0.00000364. The fourth-order valence-corrected chi connectivity index (χ4v) is 2.86. The third-order valence-electron chi connectivity index (χ3n) is 4.42. The maximum atomic E-state index is 12.1. The molecule has 1 saturated heterocycles. The highest BCUT2D eigenvalue weighted by atomic mass is 127. The van der Waals surface area contributed by atoms with Crippen LogP contribution >= 0.6 is 24.0 Å². The summed E-state index contributed by atoms with van der Waals surface area (Å²) < 4.78 is 5.42. The second-order valence-corrected chi connectivity index (χ2v) is 7.81. The Morgan fingerprint density at radius 2 is 1.85 bits per heavy atom. The van der Waals surface area contributed by atoms with E-state index in [0.29, 0.717) is 31.5 Å². The van der Waals surface area contributed by atoms with Gasteiger partial charge in [-0.1, -0.05) is 19.1 Å². The highest BCUT2D eigenvalue weighted by molar-refractivity contribution is 14.0. The molecule has 0 spiro atoms. The first-order valence-corrected chi connectivity index (χ1v) is 9.40. The van der Waals surface area contributed by atoms with Crippen LogP contribution in [-0.4, -0.2) is 42.2 Å². The second kappa shape index (κ2) is 10.7. The molecule has 0 aliphatic carbocycles. The normalized spacial score (nSPS) is 15.9. The van der Waals surface area contributed by atoms with Crippen LogP contribution in [0.2, 0.25) is 0 Å². The molecule has 1 aromatic carbocycles. The van der Waals surface area contributed by atoms with E-state index < -0.39 is 5.60 Å². The van der Waals surface area contributed by atoms with Gasteiger partial charge in [0.1, 0.15) is 5.60 Å². The van der Waals surface area contributed by atoms with Crippen molar-refractivity contribution in [2.75, 3.05) is 25.0 Å². The van der Waals surface area contributed by atoms with Crippen LogP contribution in [0.5, 0.6) is 0 Å². The van der Waals surface area contributed by atoms with Gasteiger partial charge in [-0.2, -0.15) is 0 Å². The standard InChI is InChI=1S/C20H32N4O2.HI/c1-5-15-6-8-17(9-7-15)23-18(21)22-14-16-10-12-24(13-11-16)19(25)26-20(2,3)4;/h6-9,16H,5,10-14H2,1-4H3,(H3,21,22,23);1H. The molecule has 1 aliphatic rings. The Labute approximate surface area is 179 Å². The molecule has 6 nitrogen and oxygen atoms in total. The van der Waals surface area contributed by atoms with Crippen LogP contribution in [0.15, 0.2) is 29.3 Å². The molecule has 1 fully saturated rings. The number of likely N-dealkylation sites (tertiary alicyclic amines) is 1. The molecule has 1 aromatic rings. The lowest BCUT2D eigenvalue weighted by molar-refractivity contribution is 0.0187. The van der Waals surface area contributed by atoms with Crippen LogP contribution in [0.25, 0.3) is 0 Å². The number of aryl methyl sites for hydroxylation is 1. The van der Waals surface area contributed by atoms with E-state index in [1.54, 1.807) is 4.90 Å². The lowest BCUT2D eigenvalue weighted by Crippen LogP contribution is -2.42. The number of anilines is 1. The molecule has 0 unspecified atom stereocenters. The number of amides is 1. The summed E-state index contributed by atoms with van der Waals surface area (Å²) in [5.74, 6) is 0.875. The van der Waals surface area contributed by atoms with Gasteiger partial charge in [-0.05, 0) is 63.6 Å². The number of guanidine groups is 1. The van der Waals surface area contributed by atoms with Gasteiger partial charge in [-0.25, -0.2) is 4.79 Å². The third kappa shape index (κ3) is 8.36. The molecular weight excluding hydrogens is 455 g/mol. The summed E-state index contributed by atoms with van der Waals surface area (Å²) in [7, 11) is 0. The molecule has 0 atom stereocenters. The smallest absolute Gasteiger partial charge is 0.410 e. The van der Waals surface area contributed by atoms with E-state index in [-0.39, 0.29) is 30.1 Å². The molecule has 1 heterocycles. The molecule has 3 N–H and O–H groups in total. The number of carbonyl (C=O) groups is 1. The number of halogens is 1. The molecular formula is C20H33IN4O2. The molecule has 1 amide bonds. The van der Waals surface area contributed by atoms with Gasteiger partial charge in [-0.15, -0.1) is 24.0 Å². The summed E-state index contributed by atoms with van der Waals surface area (Å²) >= 11 is 0. The number of carbonyl (C=O) groups excluding carboxylic acids is 1. The molecule has 152 valence electrons. The molecule has 0 bridgehead atoms. The molecule has 7 heteroatoms. The Hall–Kier alpha value is -1.51. The Bertz CT molecular complexity index is 618. The highest BCUT2D eigenvalue weighted by Gasteiger charge is 2.26. The summed E-state index contributed by atoms with van der Waals surface area (Å²) in [5, 5.41) is 3.13. The van der Waals surface area contributed by atoms with Gasteiger partial charge in [0, 0.05) is 25.3 Å². The van der Waals surface area contributed by atoms with Crippen molar-refractivity contribution in [1.82, 2.24) is 4.90 Å². The SMILES string of the molecule is CCc1ccc(NC(N)=NCC2CCN(C(=O)OC(C)(C)C)CC2)cc1.I. The van der Waals surface area contributed by atoms with E-state index >= 15 is 0 Å². The quantitative estimate of drug-likeness (QED) is 0.378. The zero-order valence-corrected chi connectivity index (χ0v) is 19.2.